The van der Waals surface area contributed by atoms with Gasteiger partial charge in [0.1, 0.15) is 11.4 Å². The predicted molar refractivity (Wildman–Crippen MR) is 118 cm³/mol. The summed E-state index contributed by atoms with van der Waals surface area (Å²) in [6.07, 6.45) is 1.62. The van der Waals surface area contributed by atoms with Gasteiger partial charge in [-0.1, -0.05) is 30.3 Å². The van der Waals surface area contributed by atoms with Gasteiger partial charge < -0.3 is 19.0 Å². The van der Waals surface area contributed by atoms with Crippen LogP contribution in [0.3, 0.4) is 0 Å². The summed E-state index contributed by atoms with van der Waals surface area (Å²) in [5.74, 6) is 2.19. The van der Waals surface area contributed by atoms with Crippen molar-refractivity contribution in [3.05, 3.63) is 73.0 Å². The lowest BCUT2D eigenvalue weighted by Gasteiger charge is -2.35. The summed E-state index contributed by atoms with van der Waals surface area (Å²) in [4.78, 5) is 16.6. The summed E-state index contributed by atoms with van der Waals surface area (Å²) in [5, 5.41) is 10.8. The highest BCUT2D eigenvalue weighted by atomic mass is 16.5. The lowest BCUT2D eigenvalue weighted by Crippen LogP contribution is -2.50. The molecule has 0 N–H and O–H groups in total. The van der Waals surface area contributed by atoms with Gasteiger partial charge in [0.05, 0.1) is 6.26 Å². The van der Waals surface area contributed by atoms with Gasteiger partial charge in [-0.2, -0.15) is 0 Å². The van der Waals surface area contributed by atoms with E-state index in [1.165, 1.54) is 0 Å². The Balaban J connectivity index is 1.14. The minimum Gasteiger partial charge on any atom is -0.484 e. The molecule has 0 radical (unpaired) electrons. The smallest absolute Gasteiger partial charge is 0.260 e. The molecule has 0 spiro atoms. The monoisotopic (exact) mass is 414 g/mol. The van der Waals surface area contributed by atoms with Crippen molar-refractivity contribution >= 4 is 22.5 Å². The van der Waals surface area contributed by atoms with E-state index in [4.69, 9.17) is 9.15 Å². The second-order valence-electron chi connectivity index (χ2n) is 7.42. The largest absolute Gasteiger partial charge is 0.484 e. The van der Waals surface area contributed by atoms with Crippen molar-refractivity contribution in [3.8, 4) is 17.2 Å². The van der Waals surface area contributed by atoms with E-state index in [0.717, 1.165) is 16.6 Å². The number of piperazine rings is 1. The number of carbonyl (C=O) groups excluding carboxylic acids is 1. The van der Waals surface area contributed by atoms with E-state index in [1.807, 2.05) is 65.6 Å². The Morgan fingerprint density at radius 3 is 2.48 bits per heavy atom. The maximum Gasteiger partial charge on any atom is 0.260 e. The van der Waals surface area contributed by atoms with Crippen molar-refractivity contribution in [1.29, 1.82) is 0 Å². The second-order valence-corrected chi connectivity index (χ2v) is 7.42. The van der Waals surface area contributed by atoms with E-state index in [-0.39, 0.29) is 12.5 Å². The van der Waals surface area contributed by atoms with Crippen LogP contribution < -0.4 is 9.64 Å². The molecule has 1 fully saturated rings. The minimum absolute atomic E-state index is 0.00735. The third-order valence-electron chi connectivity index (χ3n) is 5.46. The van der Waals surface area contributed by atoms with Crippen molar-refractivity contribution in [2.24, 2.45) is 0 Å². The zero-order chi connectivity index (χ0) is 21.0. The van der Waals surface area contributed by atoms with Crippen molar-refractivity contribution in [2.75, 3.05) is 37.7 Å². The molecule has 4 aromatic rings. The van der Waals surface area contributed by atoms with Crippen LogP contribution in [-0.4, -0.2) is 53.8 Å². The van der Waals surface area contributed by atoms with E-state index >= 15 is 0 Å². The molecule has 5 rings (SSSR count). The van der Waals surface area contributed by atoms with E-state index in [2.05, 4.69) is 21.2 Å². The Hall–Kier alpha value is -3.87. The first kappa shape index (κ1) is 19.1. The van der Waals surface area contributed by atoms with Gasteiger partial charge in [0.15, 0.2) is 18.2 Å². The van der Waals surface area contributed by atoms with Crippen LogP contribution in [0.2, 0.25) is 0 Å². The predicted octanol–water partition coefficient (Wildman–Crippen LogP) is 3.62. The lowest BCUT2D eigenvalue weighted by molar-refractivity contribution is -0.133. The van der Waals surface area contributed by atoms with Crippen LogP contribution in [0.4, 0.5) is 5.82 Å². The van der Waals surface area contributed by atoms with Gasteiger partial charge >= 0.3 is 0 Å². The number of hydrogen-bond acceptors (Lipinski definition) is 6. The molecule has 3 heterocycles. The molecule has 31 heavy (non-hydrogen) atoms. The molecule has 0 atom stereocenters. The summed E-state index contributed by atoms with van der Waals surface area (Å²) in [5.41, 5.74) is 0.702. The summed E-state index contributed by atoms with van der Waals surface area (Å²) in [6.45, 7) is 2.70. The van der Waals surface area contributed by atoms with Crippen LogP contribution in [0, 0.1) is 0 Å². The van der Waals surface area contributed by atoms with Crippen molar-refractivity contribution in [1.82, 2.24) is 15.1 Å². The van der Waals surface area contributed by atoms with Crippen LogP contribution in [0.1, 0.15) is 0 Å². The van der Waals surface area contributed by atoms with Crippen molar-refractivity contribution in [3.63, 3.8) is 0 Å². The van der Waals surface area contributed by atoms with Gasteiger partial charge in [-0.25, -0.2) is 0 Å². The number of anilines is 1. The van der Waals surface area contributed by atoms with Gasteiger partial charge in [0, 0.05) is 26.2 Å². The molecule has 7 heteroatoms. The van der Waals surface area contributed by atoms with E-state index < -0.39 is 0 Å². The standard InChI is InChI=1S/C24H22N4O3/c29-24(17-31-20-8-7-18-4-1-2-5-19(18)16-20)28-13-11-27(12-14-28)23-10-9-21(25-26-23)22-6-3-15-30-22/h1-10,15-16H,11-14,17H2. The average Bonchev–Trinajstić information content (AvgIpc) is 3.38. The average molecular weight is 414 g/mol. The van der Waals surface area contributed by atoms with E-state index in [0.29, 0.717) is 43.4 Å². The number of benzene rings is 2. The Morgan fingerprint density at radius 2 is 1.74 bits per heavy atom. The van der Waals surface area contributed by atoms with E-state index in [1.54, 1.807) is 6.26 Å². The molecule has 1 saturated heterocycles. The molecule has 0 bridgehead atoms. The van der Waals surface area contributed by atoms with Crippen LogP contribution in [-0.2, 0) is 4.79 Å². The van der Waals surface area contributed by atoms with Crippen LogP contribution in [0.5, 0.6) is 5.75 Å². The number of aromatic nitrogens is 2. The van der Waals surface area contributed by atoms with Gasteiger partial charge in [0.25, 0.3) is 5.91 Å². The number of amides is 1. The van der Waals surface area contributed by atoms with Gasteiger partial charge in [0.2, 0.25) is 0 Å². The fraction of sp³-hybridized carbons (Fsp3) is 0.208. The molecule has 0 aliphatic carbocycles. The van der Waals surface area contributed by atoms with E-state index in [9.17, 15) is 4.79 Å². The topological polar surface area (TPSA) is 71.7 Å². The van der Waals surface area contributed by atoms with Gasteiger partial charge in [-0.05, 0) is 47.2 Å². The summed E-state index contributed by atoms with van der Waals surface area (Å²) in [7, 11) is 0. The first-order valence-corrected chi connectivity index (χ1v) is 10.3. The molecule has 2 aromatic carbocycles. The van der Waals surface area contributed by atoms with Crippen molar-refractivity contribution < 1.29 is 13.9 Å². The van der Waals surface area contributed by atoms with Gasteiger partial charge in [-0.15, -0.1) is 10.2 Å². The Kier molecular flexibility index (Phi) is 5.22. The van der Waals surface area contributed by atoms with Gasteiger partial charge in [-0.3, -0.25) is 4.79 Å². The number of carbonyl (C=O) groups is 1. The third-order valence-corrected chi connectivity index (χ3v) is 5.46. The third kappa shape index (κ3) is 4.21. The molecule has 1 aliphatic rings. The second kappa shape index (κ2) is 8.47. The number of rotatable bonds is 5. The maximum atomic E-state index is 12.6. The lowest BCUT2D eigenvalue weighted by atomic mass is 10.1. The Bertz CT molecular complexity index is 1170. The fourth-order valence-corrected chi connectivity index (χ4v) is 3.73. The minimum atomic E-state index is -0.00735. The molecule has 1 aliphatic heterocycles. The summed E-state index contributed by atoms with van der Waals surface area (Å²) >= 11 is 0. The van der Waals surface area contributed by atoms with Crippen LogP contribution in [0.25, 0.3) is 22.2 Å². The zero-order valence-electron chi connectivity index (χ0n) is 17.0. The first-order valence-electron chi connectivity index (χ1n) is 10.3. The van der Waals surface area contributed by atoms with Crippen LogP contribution in [0.15, 0.2) is 77.4 Å². The van der Waals surface area contributed by atoms with Crippen molar-refractivity contribution in [2.45, 2.75) is 0 Å². The zero-order valence-corrected chi connectivity index (χ0v) is 17.0. The van der Waals surface area contributed by atoms with Crippen LogP contribution >= 0.6 is 0 Å². The first-order chi connectivity index (χ1) is 15.3. The number of furan rings is 1. The normalized spacial score (nSPS) is 14.1. The molecule has 0 unspecified atom stereocenters. The molecule has 1 amide bonds. The molecule has 156 valence electrons. The quantitative estimate of drug-likeness (QED) is 0.497. The number of fused-ring (bicyclic) bond motifs is 1. The highest BCUT2D eigenvalue weighted by Gasteiger charge is 2.22. The summed E-state index contributed by atoms with van der Waals surface area (Å²) in [6, 6.07) is 21.5. The Morgan fingerprint density at radius 1 is 0.903 bits per heavy atom. The number of nitrogens with zero attached hydrogens (tertiary/aromatic N) is 4. The molecular formula is C24H22N4O3. The number of hydrogen-bond donors (Lipinski definition) is 0. The Labute approximate surface area is 179 Å². The molecular weight excluding hydrogens is 392 g/mol. The fourth-order valence-electron chi connectivity index (χ4n) is 3.73. The highest BCUT2D eigenvalue weighted by molar-refractivity contribution is 5.84. The SMILES string of the molecule is O=C(COc1ccc2ccccc2c1)N1CCN(c2ccc(-c3ccco3)nn2)CC1. The maximum absolute atomic E-state index is 12.6. The highest BCUT2D eigenvalue weighted by Crippen LogP contribution is 2.21. The molecule has 2 aromatic heterocycles. The molecule has 7 nitrogen and oxygen atoms in total. The number of ether oxygens (including phenoxy) is 1. The molecule has 0 saturated carbocycles. The summed E-state index contributed by atoms with van der Waals surface area (Å²) < 4.78 is 11.1.